The number of nitrogens with one attached hydrogen (secondary N) is 2. The fraction of sp³-hybridized carbons (Fsp3) is 0.846. The molecule has 0 heterocycles. The van der Waals surface area contributed by atoms with Gasteiger partial charge >= 0.3 is 0 Å². The second kappa shape index (κ2) is 27.4. The summed E-state index contributed by atoms with van der Waals surface area (Å²) >= 11 is 0. The van der Waals surface area contributed by atoms with Gasteiger partial charge in [0.05, 0.1) is 12.1 Å². The molecule has 0 aromatic rings. The van der Waals surface area contributed by atoms with Crippen molar-refractivity contribution in [2.75, 3.05) is 49.2 Å². The summed E-state index contributed by atoms with van der Waals surface area (Å²) in [6.07, 6.45) is 6.36. The van der Waals surface area contributed by atoms with Gasteiger partial charge < -0.3 is 33.6 Å². The average molecular weight is 641 g/mol. The van der Waals surface area contributed by atoms with Gasteiger partial charge in [0.15, 0.2) is 0 Å². The van der Waals surface area contributed by atoms with Crippen molar-refractivity contribution in [1.29, 1.82) is 0 Å². The van der Waals surface area contributed by atoms with E-state index >= 15 is 0 Å². The fourth-order valence-electron chi connectivity index (χ4n) is 3.39. The van der Waals surface area contributed by atoms with E-state index in [2.05, 4.69) is 10.6 Å². The number of rotatable bonds is 28. The number of carbonyl (C=O) groups is 4. The highest BCUT2D eigenvalue weighted by Crippen LogP contribution is 2.23. The van der Waals surface area contributed by atoms with Crippen molar-refractivity contribution in [3.05, 3.63) is 0 Å². The number of amides is 2. The summed E-state index contributed by atoms with van der Waals surface area (Å²) in [5, 5.41) is 5.77. The molecular weight excluding hydrogens is 589 g/mol. The van der Waals surface area contributed by atoms with Gasteiger partial charge in [0.2, 0.25) is 11.8 Å². The molecule has 0 saturated carbocycles. The van der Waals surface area contributed by atoms with Crippen LogP contribution in [0.25, 0.3) is 0 Å². The molecule has 0 spiro atoms. The second-order valence-corrected chi connectivity index (χ2v) is 15.0. The quantitative estimate of drug-likeness (QED) is 0.0540. The van der Waals surface area contributed by atoms with Gasteiger partial charge in [-0.1, -0.05) is 50.1 Å². The third kappa shape index (κ3) is 23.1. The van der Waals surface area contributed by atoms with Crippen LogP contribution in [0, 0.1) is 5.92 Å². The molecule has 0 rings (SSSR count). The van der Waals surface area contributed by atoms with Crippen LogP contribution < -0.4 is 33.6 Å². The van der Waals surface area contributed by atoms with Crippen molar-refractivity contribution < 1.29 is 19.2 Å². The minimum absolute atomic E-state index is 0.0187. The van der Waals surface area contributed by atoms with E-state index in [9.17, 15) is 19.2 Å². The molecule has 0 saturated heterocycles. The lowest BCUT2D eigenvalue weighted by Gasteiger charge is -2.12. The molecule has 0 aromatic heterocycles. The van der Waals surface area contributed by atoms with Gasteiger partial charge in [-0.25, -0.2) is 0 Å². The zero-order valence-electron chi connectivity index (χ0n) is 24.0. The minimum Gasteiger partial charge on any atom is -0.355 e. The van der Waals surface area contributed by atoms with Crippen LogP contribution in [0.1, 0.15) is 71.1 Å². The summed E-state index contributed by atoms with van der Waals surface area (Å²) in [5.74, 6) is 3.25. The molecule has 14 heteroatoms. The topological polar surface area (TPSA) is 196 Å². The Labute approximate surface area is 256 Å². The zero-order chi connectivity index (χ0) is 30.0. The molecule has 0 fully saturated rings. The Morgan fingerprint density at radius 1 is 0.625 bits per heavy atom. The Kier molecular flexibility index (Phi) is 27.0. The number of Topliss-reactive ketones (excluding diaryl/α,β-unsaturated/α-hetero) is 2. The highest BCUT2D eigenvalue weighted by Gasteiger charge is 2.15. The van der Waals surface area contributed by atoms with Gasteiger partial charge in [-0.3, -0.25) is 19.2 Å². The first kappa shape index (κ1) is 39.5. The van der Waals surface area contributed by atoms with Gasteiger partial charge in [0.25, 0.3) is 0 Å². The maximum Gasteiger partial charge on any atom is 0.236 e. The zero-order valence-corrected chi connectivity index (χ0v) is 27.3. The molecule has 0 aliphatic heterocycles. The Bertz CT molecular complexity index is 708. The summed E-state index contributed by atoms with van der Waals surface area (Å²) in [4.78, 5) is 48.2. The van der Waals surface area contributed by atoms with Crippen LogP contribution in [0.2, 0.25) is 0 Å². The maximum atomic E-state index is 12.3. The van der Waals surface area contributed by atoms with Crippen molar-refractivity contribution in [3.8, 4) is 0 Å². The summed E-state index contributed by atoms with van der Waals surface area (Å²) < 4.78 is 0. The number of hydrogen-bond acceptors (Lipinski definition) is 12. The van der Waals surface area contributed by atoms with Gasteiger partial charge in [-0.15, -0.1) is 0 Å². The Hall–Kier alpha value is -0.480. The predicted octanol–water partition coefficient (Wildman–Crippen LogP) is 2.23. The molecule has 10 nitrogen and oxygen atoms in total. The average Bonchev–Trinajstić information content (AvgIpc) is 2.95. The predicted molar refractivity (Wildman–Crippen MR) is 175 cm³/mol. The van der Waals surface area contributed by atoms with Crippen molar-refractivity contribution in [2.45, 2.75) is 83.2 Å². The molecule has 0 radical (unpaired) electrons. The third-order valence-electron chi connectivity index (χ3n) is 5.96. The first-order chi connectivity index (χ1) is 19.2. The van der Waals surface area contributed by atoms with Crippen molar-refractivity contribution in [3.63, 3.8) is 0 Å². The summed E-state index contributed by atoms with van der Waals surface area (Å²) in [6, 6.07) is -0.894. The first-order valence-electron chi connectivity index (χ1n) is 14.2. The Morgan fingerprint density at radius 3 is 1.70 bits per heavy atom. The Morgan fingerprint density at radius 2 is 1.12 bits per heavy atom. The van der Waals surface area contributed by atoms with Crippen LogP contribution >= 0.6 is 43.2 Å². The minimum atomic E-state index is -0.498. The lowest BCUT2D eigenvalue weighted by atomic mass is 10.0. The molecule has 0 aliphatic rings. The van der Waals surface area contributed by atoms with Crippen LogP contribution in [0.4, 0.5) is 0 Å². The van der Waals surface area contributed by atoms with Crippen molar-refractivity contribution >= 4 is 66.6 Å². The molecule has 0 aliphatic carbocycles. The van der Waals surface area contributed by atoms with E-state index in [-0.39, 0.29) is 29.3 Å². The second-order valence-electron chi connectivity index (χ2n) is 9.60. The molecule has 0 bridgehead atoms. The number of carbonyl (C=O) groups excluding carboxylic acids is 4. The standard InChI is InChI=1S/C26H52N6O4S4/c1-20(25(35)31-14-18-39-38-17-5-9-24(34)22(29)7-2-12-27)10-11-21(33)6-4-16-37-40-19-15-32-26(36)23(30)8-3-13-28/h20,22-23H,2-19,27-30H2,1H3,(H,31,35)(H,32,36). The molecule has 2 amide bonds. The lowest BCUT2D eigenvalue weighted by Crippen LogP contribution is -2.41. The molecule has 234 valence electrons. The summed E-state index contributed by atoms with van der Waals surface area (Å²) in [5.41, 5.74) is 22.5. The highest BCUT2D eigenvalue weighted by molar-refractivity contribution is 8.77. The largest absolute Gasteiger partial charge is 0.355 e. The first-order valence-corrected chi connectivity index (χ1v) is 19.2. The third-order valence-corrected chi connectivity index (χ3v) is 10.9. The summed E-state index contributed by atoms with van der Waals surface area (Å²) in [7, 11) is 6.74. The maximum absolute atomic E-state index is 12.3. The van der Waals surface area contributed by atoms with Crippen molar-refractivity contribution in [1.82, 2.24) is 10.6 Å². The molecular formula is C26H52N6O4S4. The van der Waals surface area contributed by atoms with E-state index < -0.39 is 12.1 Å². The van der Waals surface area contributed by atoms with Crippen LogP contribution in [0.5, 0.6) is 0 Å². The number of hydrogen-bond donors (Lipinski definition) is 6. The molecule has 0 aromatic carbocycles. The van der Waals surface area contributed by atoms with E-state index in [1.807, 2.05) is 6.92 Å². The van der Waals surface area contributed by atoms with Gasteiger partial charge in [-0.2, -0.15) is 0 Å². The van der Waals surface area contributed by atoms with Crippen LogP contribution in [-0.4, -0.2) is 84.7 Å². The smallest absolute Gasteiger partial charge is 0.236 e. The monoisotopic (exact) mass is 640 g/mol. The number of nitrogens with two attached hydrogens (primary N) is 4. The molecule has 3 unspecified atom stereocenters. The van der Waals surface area contributed by atoms with Gasteiger partial charge in [0.1, 0.15) is 11.6 Å². The summed E-state index contributed by atoms with van der Waals surface area (Å²) in [6.45, 7) is 4.09. The van der Waals surface area contributed by atoms with E-state index in [1.165, 1.54) is 0 Å². The molecule has 3 atom stereocenters. The van der Waals surface area contributed by atoms with E-state index in [1.54, 1.807) is 43.2 Å². The van der Waals surface area contributed by atoms with E-state index in [4.69, 9.17) is 22.9 Å². The van der Waals surface area contributed by atoms with Gasteiger partial charge in [-0.05, 0) is 58.0 Å². The SMILES string of the molecule is CC(CCC(=O)CCCSSCCNC(=O)C(N)CCCN)C(=O)NCCSSCCCC(=O)C(N)CCCN. The normalized spacial score (nSPS) is 13.4. The number of ketones is 2. The highest BCUT2D eigenvalue weighted by atomic mass is 33.1. The Balaban J connectivity index is 3.64. The van der Waals surface area contributed by atoms with Crippen molar-refractivity contribution in [2.24, 2.45) is 28.9 Å². The van der Waals surface area contributed by atoms with Crippen LogP contribution in [0.15, 0.2) is 0 Å². The van der Waals surface area contributed by atoms with Crippen LogP contribution in [-0.2, 0) is 19.2 Å². The van der Waals surface area contributed by atoms with E-state index in [0.29, 0.717) is 64.7 Å². The lowest BCUT2D eigenvalue weighted by molar-refractivity contribution is -0.125. The van der Waals surface area contributed by atoms with Crippen LogP contribution in [0.3, 0.4) is 0 Å². The van der Waals surface area contributed by atoms with Gasteiger partial charge in [0, 0.05) is 61.3 Å². The van der Waals surface area contributed by atoms with E-state index in [0.717, 1.165) is 48.7 Å². The molecule has 10 N–H and O–H groups in total. The fourth-order valence-corrected chi connectivity index (χ4v) is 7.38. The molecule has 40 heavy (non-hydrogen) atoms.